The third-order valence-electron chi connectivity index (χ3n) is 3.51. The Hall–Kier alpha value is -1.88. The van der Waals surface area contributed by atoms with Gasteiger partial charge in [-0.1, -0.05) is 12.1 Å². The molecular formula is C14H19N3O2. The molecule has 1 aromatic carbocycles. The van der Waals surface area contributed by atoms with E-state index in [-0.39, 0.29) is 0 Å². The molecule has 102 valence electrons. The minimum atomic E-state index is -0.524. The smallest absolute Gasteiger partial charge is 0.258 e. The fourth-order valence-electron chi connectivity index (χ4n) is 1.87. The number of hydrogen-bond donors (Lipinski definition) is 1. The number of nitrogens with two attached hydrogens (primary N) is 1. The van der Waals surface area contributed by atoms with E-state index in [1.54, 1.807) is 7.11 Å². The molecule has 1 heterocycles. The Kier molecular flexibility index (Phi) is 3.57. The lowest BCUT2D eigenvalue weighted by Crippen LogP contribution is -2.24. The van der Waals surface area contributed by atoms with Crippen LogP contribution in [0.4, 0.5) is 5.69 Å². The van der Waals surface area contributed by atoms with Crippen LogP contribution in [-0.2, 0) is 10.3 Å². The molecule has 0 amide bonds. The summed E-state index contributed by atoms with van der Waals surface area (Å²) in [6, 6.07) is 5.59. The molecule has 0 bridgehead atoms. The minimum absolute atomic E-state index is 0.490. The van der Waals surface area contributed by atoms with E-state index in [9.17, 15) is 0 Å². The summed E-state index contributed by atoms with van der Waals surface area (Å²) in [6.45, 7) is 5.93. The van der Waals surface area contributed by atoms with Crippen molar-refractivity contribution in [1.82, 2.24) is 10.1 Å². The van der Waals surface area contributed by atoms with Crippen LogP contribution in [0.15, 0.2) is 22.7 Å². The lowest BCUT2D eigenvalue weighted by Gasteiger charge is -2.21. The lowest BCUT2D eigenvalue weighted by atomic mass is 10.0. The Morgan fingerprint density at radius 1 is 1.42 bits per heavy atom. The highest BCUT2D eigenvalue weighted by atomic mass is 16.5. The van der Waals surface area contributed by atoms with Crippen LogP contribution in [0.1, 0.15) is 31.7 Å². The Morgan fingerprint density at radius 2 is 2.16 bits per heavy atom. The molecule has 2 rings (SSSR count). The predicted molar refractivity (Wildman–Crippen MR) is 73.5 cm³/mol. The second-order valence-electron chi connectivity index (χ2n) is 4.79. The molecule has 0 spiro atoms. The molecule has 2 aromatic rings. The van der Waals surface area contributed by atoms with Crippen molar-refractivity contribution in [2.24, 2.45) is 0 Å². The van der Waals surface area contributed by atoms with Gasteiger partial charge in [0.1, 0.15) is 5.60 Å². The molecule has 1 aromatic heterocycles. The number of rotatable bonds is 4. The number of methoxy groups -OCH3 is 1. The van der Waals surface area contributed by atoms with E-state index in [2.05, 4.69) is 10.1 Å². The molecule has 0 aliphatic heterocycles. The average molecular weight is 261 g/mol. The topological polar surface area (TPSA) is 74.2 Å². The third-order valence-corrected chi connectivity index (χ3v) is 3.51. The summed E-state index contributed by atoms with van der Waals surface area (Å²) in [5.74, 6) is 1.05. The largest absolute Gasteiger partial charge is 0.399 e. The first kappa shape index (κ1) is 13.5. The van der Waals surface area contributed by atoms with Crippen LogP contribution in [0.3, 0.4) is 0 Å². The van der Waals surface area contributed by atoms with Gasteiger partial charge in [0.15, 0.2) is 0 Å². The van der Waals surface area contributed by atoms with Gasteiger partial charge in [0, 0.05) is 18.4 Å². The number of aromatic nitrogens is 2. The Balaban J connectivity index is 2.41. The highest BCUT2D eigenvalue weighted by Gasteiger charge is 2.30. The maximum Gasteiger partial charge on any atom is 0.258 e. The number of benzene rings is 1. The van der Waals surface area contributed by atoms with Gasteiger partial charge in [-0.3, -0.25) is 0 Å². The Bertz CT molecular complexity index is 574. The molecular weight excluding hydrogens is 242 g/mol. The van der Waals surface area contributed by atoms with Crippen molar-refractivity contribution < 1.29 is 9.26 Å². The van der Waals surface area contributed by atoms with Crippen LogP contribution in [0.5, 0.6) is 0 Å². The van der Waals surface area contributed by atoms with Crippen LogP contribution in [0, 0.1) is 6.92 Å². The standard InChI is InChI=1S/C14H19N3O2/c1-5-14(3,18-4)13-16-12(19-17-13)11-7-6-10(15)8-9(11)2/h6-8H,5,15H2,1-4H3. The fraction of sp³-hybridized carbons (Fsp3) is 0.429. The molecule has 2 N–H and O–H groups in total. The molecule has 1 unspecified atom stereocenters. The first-order valence-electron chi connectivity index (χ1n) is 6.26. The quantitative estimate of drug-likeness (QED) is 0.856. The van der Waals surface area contributed by atoms with Crippen molar-refractivity contribution in [1.29, 1.82) is 0 Å². The minimum Gasteiger partial charge on any atom is -0.399 e. The van der Waals surface area contributed by atoms with Gasteiger partial charge in [-0.2, -0.15) is 4.98 Å². The molecule has 0 fully saturated rings. The van der Waals surface area contributed by atoms with Gasteiger partial charge < -0.3 is 15.0 Å². The number of anilines is 1. The van der Waals surface area contributed by atoms with E-state index in [4.69, 9.17) is 15.0 Å². The van der Waals surface area contributed by atoms with Gasteiger partial charge in [-0.05, 0) is 44.0 Å². The monoisotopic (exact) mass is 261 g/mol. The van der Waals surface area contributed by atoms with E-state index < -0.39 is 5.60 Å². The molecule has 5 nitrogen and oxygen atoms in total. The summed E-state index contributed by atoms with van der Waals surface area (Å²) in [7, 11) is 1.65. The van der Waals surface area contributed by atoms with Gasteiger partial charge >= 0.3 is 0 Å². The second-order valence-corrected chi connectivity index (χ2v) is 4.79. The fourth-order valence-corrected chi connectivity index (χ4v) is 1.87. The summed E-state index contributed by atoms with van der Waals surface area (Å²) >= 11 is 0. The third kappa shape index (κ3) is 2.46. The number of ether oxygens (including phenoxy) is 1. The summed E-state index contributed by atoms with van der Waals surface area (Å²) in [6.07, 6.45) is 0.767. The number of aryl methyl sites for hydroxylation is 1. The van der Waals surface area contributed by atoms with Gasteiger partial charge in [-0.15, -0.1) is 0 Å². The number of nitrogen functional groups attached to an aromatic ring is 1. The van der Waals surface area contributed by atoms with Crippen molar-refractivity contribution in [3.63, 3.8) is 0 Å². The Morgan fingerprint density at radius 3 is 2.74 bits per heavy atom. The molecule has 1 atom stereocenters. The zero-order chi connectivity index (χ0) is 14.0. The maximum atomic E-state index is 5.74. The zero-order valence-electron chi connectivity index (χ0n) is 11.7. The SMILES string of the molecule is CCC(C)(OC)c1noc(-c2ccc(N)cc2C)n1. The molecule has 19 heavy (non-hydrogen) atoms. The first-order valence-corrected chi connectivity index (χ1v) is 6.26. The molecule has 0 aliphatic rings. The molecule has 5 heteroatoms. The lowest BCUT2D eigenvalue weighted by molar-refractivity contribution is -0.0106. The second kappa shape index (κ2) is 5.01. The van der Waals surface area contributed by atoms with Gasteiger partial charge in [0.05, 0.1) is 0 Å². The molecule has 0 radical (unpaired) electrons. The molecule has 0 saturated heterocycles. The summed E-state index contributed by atoms with van der Waals surface area (Å²) in [5, 5.41) is 4.03. The summed E-state index contributed by atoms with van der Waals surface area (Å²) < 4.78 is 10.8. The zero-order valence-corrected chi connectivity index (χ0v) is 11.7. The van der Waals surface area contributed by atoms with E-state index in [1.807, 2.05) is 39.0 Å². The normalized spacial score (nSPS) is 14.3. The molecule has 0 saturated carbocycles. The van der Waals surface area contributed by atoms with E-state index in [0.717, 1.165) is 23.2 Å². The highest BCUT2D eigenvalue weighted by Crippen LogP contribution is 2.29. The van der Waals surface area contributed by atoms with Crippen LogP contribution in [0.25, 0.3) is 11.5 Å². The van der Waals surface area contributed by atoms with Crippen molar-refractivity contribution >= 4 is 5.69 Å². The van der Waals surface area contributed by atoms with Gasteiger partial charge in [0.25, 0.3) is 5.89 Å². The van der Waals surface area contributed by atoms with E-state index in [0.29, 0.717) is 11.7 Å². The van der Waals surface area contributed by atoms with Crippen LogP contribution in [-0.4, -0.2) is 17.3 Å². The maximum absolute atomic E-state index is 5.74. The van der Waals surface area contributed by atoms with Crippen LogP contribution < -0.4 is 5.73 Å². The van der Waals surface area contributed by atoms with Crippen LogP contribution >= 0.6 is 0 Å². The van der Waals surface area contributed by atoms with Crippen molar-refractivity contribution in [2.75, 3.05) is 12.8 Å². The van der Waals surface area contributed by atoms with Crippen molar-refractivity contribution in [3.05, 3.63) is 29.6 Å². The first-order chi connectivity index (χ1) is 9.00. The summed E-state index contributed by atoms with van der Waals surface area (Å²) in [5.41, 5.74) is 7.83. The summed E-state index contributed by atoms with van der Waals surface area (Å²) in [4.78, 5) is 4.44. The van der Waals surface area contributed by atoms with Crippen LogP contribution in [0.2, 0.25) is 0 Å². The Labute approximate surface area is 112 Å². The number of nitrogens with zero attached hydrogens (tertiary/aromatic N) is 2. The average Bonchev–Trinajstić information content (AvgIpc) is 2.88. The number of hydrogen-bond acceptors (Lipinski definition) is 5. The predicted octanol–water partition coefficient (Wildman–Crippen LogP) is 2.90. The van der Waals surface area contributed by atoms with Crippen molar-refractivity contribution in [3.8, 4) is 11.5 Å². The van der Waals surface area contributed by atoms with E-state index >= 15 is 0 Å². The van der Waals surface area contributed by atoms with Gasteiger partial charge in [-0.25, -0.2) is 0 Å². The van der Waals surface area contributed by atoms with Gasteiger partial charge in [0.2, 0.25) is 5.82 Å². The van der Waals surface area contributed by atoms with Crippen molar-refractivity contribution in [2.45, 2.75) is 32.8 Å². The highest BCUT2D eigenvalue weighted by molar-refractivity contribution is 5.62. The molecule has 0 aliphatic carbocycles. The van der Waals surface area contributed by atoms with E-state index in [1.165, 1.54) is 0 Å².